The van der Waals surface area contributed by atoms with Crippen LogP contribution in [0.2, 0.25) is 0 Å². The maximum atomic E-state index is 5.67. The van der Waals surface area contributed by atoms with Gasteiger partial charge < -0.3 is 4.74 Å². The smallest absolute Gasteiger partial charge is 0.165 e. The number of ether oxygens (including phenoxy) is 1. The predicted molar refractivity (Wildman–Crippen MR) is 61.4 cm³/mol. The zero-order valence-corrected chi connectivity index (χ0v) is 10.2. The molecule has 0 spiro atoms. The summed E-state index contributed by atoms with van der Waals surface area (Å²) in [6.45, 7) is 5.82. The highest BCUT2D eigenvalue weighted by molar-refractivity contribution is 4.91. The number of hydrogen-bond acceptors (Lipinski definition) is 5. The Morgan fingerprint density at radius 2 is 2.29 bits per heavy atom. The zero-order chi connectivity index (χ0) is 11.7. The highest BCUT2D eigenvalue weighted by Crippen LogP contribution is 2.34. The molecule has 94 valence electrons. The summed E-state index contributed by atoms with van der Waals surface area (Å²) >= 11 is 0. The van der Waals surface area contributed by atoms with E-state index in [1.54, 1.807) is 0 Å². The van der Waals surface area contributed by atoms with E-state index in [4.69, 9.17) is 4.74 Å². The number of nitrogens with zero attached hydrogens (tertiary/aromatic N) is 5. The summed E-state index contributed by atoms with van der Waals surface area (Å²) in [5.74, 6) is 1.00. The van der Waals surface area contributed by atoms with Crippen LogP contribution in [0.15, 0.2) is 0 Å². The van der Waals surface area contributed by atoms with Gasteiger partial charge in [0, 0.05) is 13.1 Å². The number of morpholine rings is 1. The third-order valence-electron chi connectivity index (χ3n) is 3.50. The fourth-order valence-corrected chi connectivity index (χ4v) is 2.29. The van der Waals surface area contributed by atoms with Crippen molar-refractivity contribution in [2.24, 2.45) is 0 Å². The van der Waals surface area contributed by atoms with Crippen LogP contribution in [0, 0.1) is 0 Å². The standard InChI is InChI=1S/C11H19N5O/c1-2-10-7-15(5-6-17-10)8-11-12-13-14-16(11)9-3-4-9/h9-10H,2-8H2,1H3/t10-/m0/s1. The quantitative estimate of drug-likeness (QED) is 0.768. The molecule has 0 unspecified atom stereocenters. The average molecular weight is 237 g/mol. The third kappa shape index (κ3) is 2.47. The lowest BCUT2D eigenvalue weighted by atomic mass is 10.2. The Labute approximate surface area is 101 Å². The second-order valence-electron chi connectivity index (χ2n) is 4.91. The van der Waals surface area contributed by atoms with Gasteiger partial charge in [-0.2, -0.15) is 0 Å². The summed E-state index contributed by atoms with van der Waals surface area (Å²) in [4.78, 5) is 2.39. The van der Waals surface area contributed by atoms with Gasteiger partial charge in [0.25, 0.3) is 0 Å². The SMILES string of the molecule is CC[C@H]1CN(Cc2nnnn2C2CC2)CCO1. The van der Waals surface area contributed by atoms with Crippen LogP contribution in [0.5, 0.6) is 0 Å². The minimum Gasteiger partial charge on any atom is -0.376 e. The predicted octanol–water partition coefficient (Wildman–Crippen LogP) is 0.619. The van der Waals surface area contributed by atoms with E-state index in [0.717, 1.165) is 38.5 Å². The van der Waals surface area contributed by atoms with Crippen LogP contribution in [-0.4, -0.2) is 50.9 Å². The van der Waals surface area contributed by atoms with Gasteiger partial charge in [0.05, 0.1) is 25.3 Å². The van der Waals surface area contributed by atoms with Crippen molar-refractivity contribution in [3.05, 3.63) is 5.82 Å². The molecular weight excluding hydrogens is 218 g/mol. The molecule has 1 aliphatic carbocycles. The second-order valence-corrected chi connectivity index (χ2v) is 4.91. The molecule has 0 amide bonds. The van der Waals surface area contributed by atoms with Gasteiger partial charge in [-0.3, -0.25) is 4.90 Å². The Kier molecular flexibility index (Phi) is 3.07. The molecular formula is C11H19N5O. The Balaban J connectivity index is 1.63. The van der Waals surface area contributed by atoms with Gasteiger partial charge in [0.15, 0.2) is 5.82 Å². The maximum absolute atomic E-state index is 5.67. The number of aromatic nitrogens is 4. The van der Waals surface area contributed by atoms with E-state index in [9.17, 15) is 0 Å². The molecule has 0 aromatic carbocycles. The van der Waals surface area contributed by atoms with Gasteiger partial charge >= 0.3 is 0 Å². The van der Waals surface area contributed by atoms with E-state index in [1.165, 1.54) is 12.8 Å². The van der Waals surface area contributed by atoms with Gasteiger partial charge in [-0.25, -0.2) is 4.68 Å². The van der Waals surface area contributed by atoms with Crippen molar-refractivity contribution >= 4 is 0 Å². The van der Waals surface area contributed by atoms with Crippen molar-refractivity contribution in [2.45, 2.75) is 44.9 Å². The van der Waals surface area contributed by atoms with Gasteiger partial charge in [-0.15, -0.1) is 5.10 Å². The molecule has 6 heteroatoms. The topological polar surface area (TPSA) is 56.1 Å². The highest BCUT2D eigenvalue weighted by atomic mass is 16.5. The molecule has 1 saturated carbocycles. The molecule has 1 aliphatic heterocycles. The normalized spacial score (nSPS) is 26.3. The first-order valence-corrected chi connectivity index (χ1v) is 6.47. The van der Waals surface area contributed by atoms with Crippen molar-refractivity contribution in [3.8, 4) is 0 Å². The summed E-state index contributed by atoms with van der Waals surface area (Å²) in [7, 11) is 0. The Morgan fingerprint density at radius 1 is 1.41 bits per heavy atom. The summed E-state index contributed by atoms with van der Waals surface area (Å²) in [5, 5.41) is 12.0. The molecule has 1 saturated heterocycles. The summed E-state index contributed by atoms with van der Waals surface area (Å²) < 4.78 is 7.66. The number of tetrazole rings is 1. The van der Waals surface area contributed by atoms with Crippen molar-refractivity contribution in [1.82, 2.24) is 25.1 Å². The van der Waals surface area contributed by atoms with Gasteiger partial charge in [0.2, 0.25) is 0 Å². The molecule has 0 N–H and O–H groups in total. The summed E-state index contributed by atoms with van der Waals surface area (Å²) in [6.07, 6.45) is 3.88. The van der Waals surface area contributed by atoms with Crippen LogP contribution >= 0.6 is 0 Å². The molecule has 1 aromatic heterocycles. The van der Waals surface area contributed by atoms with Crippen molar-refractivity contribution in [3.63, 3.8) is 0 Å². The molecule has 2 heterocycles. The van der Waals surface area contributed by atoms with Gasteiger partial charge in [-0.05, 0) is 29.7 Å². The molecule has 17 heavy (non-hydrogen) atoms. The van der Waals surface area contributed by atoms with Crippen molar-refractivity contribution in [2.75, 3.05) is 19.7 Å². The average Bonchev–Trinajstić information content (AvgIpc) is 3.11. The van der Waals surface area contributed by atoms with Crippen molar-refractivity contribution in [1.29, 1.82) is 0 Å². The van der Waals surface area contributed by atoms with E-state index >= 15 is 0 Å². The monoisotopic (exact) mass is 237 g/mol. The van der Waals surface area contributed by atoms with Crippen LogP contribution in [0.25, 0.3) is 0 Å². The molecule has 6 nitrogen and oxygen atoms in total. The summed E-state index contributed by atoms with van der Waals surface area (Å²) in [5.41, 5.74) is 0. The van der Waals surface area contributed by atoms with Crippen LogP contribution < -0.4 is 0 Å². The molecule has 1 aromatic rings. The maximum Gasteiger partial charge on any atom is 0.165 e. The fraction of sp³-hybridized carbons (Fsp3) is 0.909. The van der Waals surface area contributed by atoms with Crippen LogP contribution in [-0.2, 0) is 11.3 Å². The van der Waals surface area contributed by atoms with E-state index in [1.807, 2.05) is 4.68 Å². The first-order chi connectivity index (χ1) is 8.36. The van der Waals surface area contributed by atoms with Crippen molar-refractivity contribution < 1.29 is 4.74 Å². The van der Waals surface area contributed by atoms with Gasteiger partial charge in [-0.1, -0.05) is 6.92 Å². The highest BCUT2D eigenvalue weighted by Gasteiger charge is 2.29. The Hall–Kier alpha value is -1.01. The molecule has 2 aliphatic rings. The molecule has 0 radical (unpaired) electrons. The lowest BCUT2D eigenvalue weighted by Gasteiger charge is -2.31. The molecule has 2 fully saturated rings. The lowest BCUT2D eigenvalue weighted by Crippen LogP contribution is -2.42. The fourth-order valence-electron chi connectivity index (χ4n) is 2.29. The number of hydrogen-bond donors (Lipinski definition) is 0. The lowest BCUT2D eigenvalue weighted by molar-refractivity contribution is -0.0335. The first-order valence-electron chi connectivity index (χ1n) is 6.47. The van der Waals surface area contributed by atoms with E-state index in [0.29, 0.717) is 12.1 Å². The first kappa shape index (κ1) is 11.1. The minimum absolute atomic E-state index is 0.369. The van der Waals surface area contributed by atoms with Crippen LogP contribution in [0.3, 0.4) is 0 Å². The van der Waals surface area contributed by atoms with E-state index in [2.05, 4.69) is 27.3 Å². The zero-order valence-electron chi connectivity index (χ0n) is 10.2. The second kappa shape index (κ2) is 4.70. The Morgan fingerprint density at radius 3 is 3.06 bits per heavy atom. The summed E-state index contributed by atoms with van der Waals surface area (Å²) in [6, 6.07) is 0.558. The minimum atomic E-state index is 0.369. The molecule has 0 bridgehead atoms. The van der Waals surface area contributed by atoms with Gasteiger partial charge in [0.1, 0.15) is 0 Å². The molecule has 3 rings (SSSR count). The Bertz CT molecular complexity index is 376. The van der Waals surface area contributed by atoms with E-state index in [-0.39, 0.29) is 0 Å². The molecule has 1 atom stereocenters. The largest absolute Gasteiger partial charge is 0.376 e. The number of rotatable bonds is 4. The van der Waals surface area contributed by atoms with Crippen LogP contribution in [0.4, 0.5) is 0 Å². The van der Waals surface area contributed by atoms with E-state index < -0.39 is 0 Å². The third-order valence-corrected chi connectivity index (χ3v) is 3.50. The van der Waals surface area contributed by atoms with Crippen LogP contribution in [0.1, 0.15) is 38.1 Å².